The average molecular weight is 292 g/mol. The molecule has 1 atom stereocenters. The van der Waals surface area contributed by atoms with E-state index in [1.165, 1.54) is 10.9 Å². The molecule has 0 aliphatic heterocycles. The van der Waals surface area contributed by atoms with E-state index in [9.17, 15) is 4.39 Å². The summed E-state index contributed by atoms with van der Waals surface area (Å²) in [6.07, 6.45) is 0. The molecule has 1 heterocycles. The van der Waals surface area contributed by atoms with E-state index in [2.05, 4.69) is 29.3 Å². The van der Waals surface area contributed by atoms with E-state index in [1.807, 2.05) is 12.1 Å². The van der Waals surface area contributed by atoms with Gasteiger partial charge in [0.2, 0.25) is 0 Å². The number of benzene rings is 1. The molecule has 0 amide bonds. The Morgan fingerprint density at radius 2 is 2.15 bits per heavy atom. The van der Waals surface area contributed by atoms with Gasteiger partial charge in [0.15, 0.2) is 0 Å². The lowest BCUT2D eigenvalue weighted by Crippen LogP contribution is -2.33. The van der Waals surface area contributed by atoms with Gasteiger partial charge in [-0.1, -0.05) is 25.1 Å². The Labute approximate surface area is 124 Å². The van der Waals surface area contributed by atoms with Gasteiger partial charge in [-0.05, 0) is 42.1 Å². The zero-order chi connectivity index (χ0) is 14.5. The Hall–Kier alpha value is -1.23. The number of aryl methyl sites for hydroxylation is 1. The lowest BCUT2D eigenvalue weighted by atomic mass is 10.0. The molecule has 0 fully saturated rings. The highest BCUT2D eigenvalue weighted by Crippen LogP contribution is 2.24. The Bertz CT molecular complexity index is 539. The maximum absolute atomic E-state index is 13.4. The first-order valence-electron chi connectivity index (χ1n) is 6.88. The first-order valence-corrected chi connectivity index (χ1v) is 7.76. The predicted molar refractivity (Wildman–Crippen MR) is 83.3 cm³/mol. The molecule has 0 aliphatic carbocycles. The number of hydrogen-bond acceptors (Lipinski definition) is 3. The van der Waals surface area contributed by atoms with Crippen molar-refractivity contribution in [3.63, 3.8) is 0 Å². The Kier molecular flexibility index (Phi) is 5.29. The van der Waals surface area contributed by atoms with Gasteiger partial charge in [-0.3, -0.25) is 4.90 Å². The van der Waals surface area contributed by atoms with Gasteiger partial charge in [0.05, 0.1) is 0 Å². The van der Waals surface area contributed by atoms with E-state index in [-0.39, 0.29) is 11.9 Å². The lowest BCUT2D eigenvalue weighted by molar-refractivity contribution is 0.205. The topological polar surface area (TPSA) is 29.3 Å². The standard InChI is InChI=1S/C16H21FN2S/c1-3-19(11-14-5-4-8-20-14)16(10-18)13-6-7-15(17)12(2)9-13/h4-9,16H,3,10-11,18H2,1-2H3. The average Bonchev–Trinajstić information content (AvgIpc) is 2.95. The van der Waals surface area contributed by atoms with Gasteiger partial charge in [0.1, 0.15) is 5.82 Å². The van der Waals surface area contributed by atoms with Gasteiger partial charge in [0, 0.05) is 24.0 Å². The van der Waals surface area contributed by atoms with Crippen LogP contribution in [-0.2, 0) is 6.54 Å². The maximum Gasteiger partial charge on any atom is 0.126 e. The van der Waals surface area contributed by atoms with Crippen molar-refractivity contribution in [1.29, 1.82) is 0 Å². The van der Waals surface area contributed by atoms with Crippen molar-refractivity contribution in [1.82, 2.24) is 4.90 Å². The summed E-state index contributed by atoms with van der Waals surface area (Å²) in [5, 5.41) is 2.09. The predicted octanol–water partition coefficient (Wildman–Crippen LogP) is 3.72. The molecule has 1 unspecified atom stereocenters. The molecule has 1 aromatic heterocycles. The van der Waals surface area contributed by atoms with Gasteiger partial charge in [-0.15, -0.1) is 11.3 Å². The fraction of sp³-hybridized carbons (Fsp3) is 0.375. The first kappa shape index (κ1) is 15.2. The number of hydrogen-bond donors (Lipinski definition) is 1. The zero-order valence-electron chi connectivity index (χ0n) is 12.0. The Balaban J connectivity index is 2.21. The van der Waals surface area contributed by atoms with Crippen LogP contribution >= 0.6 is 11.3 Å². The summed E-state index contributed by atoms with van der Waals surface area (Å²) in [5.74, 6) is -0.161. The minimum absolute atomic E-state index is 0.126. The highest BCUT2D eigenvalue weighted by molar-refractivity contribution is 7.09. The summed E-state index contributed by atoms with van der Waals surface area (Å²) in [6, 6.07) is 9.61. The molecule has 2 rings (SSSR count). The molecule has 2 N–H and O–H groups in total. The molecule has 20 heavy (non-hydrogen) atoms. The van der Waals surface area contributed by atoms with E-state index in [4.69, 9.17) is 5.73 Å². The lowest BCUT2D eigenvalue weighted by Gasteiger charge is -2.30. The molecule has 0 bridgehead atoms. The van der Waals surface area contributed by atoms with E-state index < -0.39 is 0 Å². The third-order valence-electron chi connectivity index (χ3n) is 3.58. The quantitative estimate of drug-likeness (QED) is 0.879. The highest BCUT2D eigenvalue weighted by atomic mass is 32.1. The summed E-state index contributed by atoms with van der Waals surface area (Å²) >= 11 is 1.75. The molecule has 1 aromatic carbocycles. The van der Waals surface area contributed by atoms with Crippen LogP contribution in [0.25, 0.3) is 0 Å². The van der Waals surface area contributed by atoms with Crippen LogP contribution in [0.5, 0.6) is 0 Å². The minimum Gasteiger partial charge on any atom is -0.329 e. The maximum atomic E-state index is 13.4. The van der Waals surface area contributed by atoms with Gasteiger partial charge >= 0.3 is 0 Å². The molecule has 4 heteroatoms. The number of halogens is 1. The van der Waals surface area contributed by atoms with Crippen molar-refractivity contribution in [3.8, 4) is 0 Å². The second-order valence-corrected chi connectivity index (χ2v) is 5.93. The van der Waals surface area contributed by atoms with Gasteiger partial charge in [-0.25, -0.2) is 4.39 Å². The van der Waals surface area contributed by atoms with E-state index >= 15 is 0 Å². The molecular formula is C16H21FN2S. The van der Waals surface area contributed by atoms with Crippen LogP contribution < -0.4 is 5.73 Å². The van der Waals surface area contributed by atoms with Crippen LogP contribution in [0.1, 0.15) is 29.0 Å². The third-order valence-corrected chi connectivity index (χ3v) is 4.44. The molecule has 2 aromatic rings. The van der Waals surface area contributed by atoms with Gasteiger partial charge < -0.3 is 5.73 Å². The molecule has 2 nitrogen and oxygen atoms in total. The van der Waals surface area contributed by atoms with E-state index in [0.29, 0.717) is 12.1 Å². The van der Waals surface area contributed by atoms with Crippen molar-refractivity contribution < 1.29 is 4.39 Å². The summed E-state index contributed by atoms with van der Waals surface area (Å²) in [6.45, 7) is 6.25. The highest BCUT2D eigenvalue weighted by Gasteiger charge is 2.19. The molecule has 0 spiro atoms. The molecule has 0 radical (unpaired) electrons. The summed E-state index contributed by atoms with van der Waals surface area (Å²) in [7, 11) is 0. The number of rotatable bonds is 6. The van der Waals surface area contributed by atoms with Crippen molar-refractivity contribution in [2.45, 2.75) is 26.4 Å². The second kappa shape index (κ2) is 6.97. The minimum atomic E-state index is -0.161. The largest absolute Gasteiger partial charge is 0.329 e. The van der Waals surface area contributed by atoms with Gasteiger partial charge in [-0.2, -0.15) is 0 Å². The summed E-state index contributed by atoms with van der Waals surface area (Å²) in [4.78, 5) is 3.66. The molecular weight excluding hydrogens is 271 g/mol. The van der Waals surface area contributed by atoms with Crippen LogP contribution in [0.4, 0.5) is 4.39 Å². The summed E-state index contributed by atoms with van der Waals surface area (Å²) < 4.78 is 13.4. The number of nitrogens with zero attached hydrogens (tertiary/aromatic N) is 1. The molecule has 108 valence electrons. The fourth-order valence-corrected chi connectivity index (χ4v) is 3.15. The van der Waals surface area contributed by atoms with Crippen molar-refractivity contribution >= 4 is 11.3 Å². The van der Waals surface area contributed by atoms with Crippen molar-refractivity contribution in [3.05, 3.63) is 57.5 Å². The van der Waals surface area contributed by atoms with Crippen molar-refractivity contribution in [2.75, 3.05) is 13.1 Å². The monoisotopic (exact) mass is 292 g/mol. The SMILES string of the molecule is CCN(Cc1cccs1)C(CN)c1ccc(F)c(C)c1. The molecule has 0 saturated heterocycles. The Morgan fingerprint density at radius 1 is 1.35 bits per heavy atom. The first-order chi connectivity index (χ1) is 9.65. The molecule has 0 aliphatic rings. The summed E-state index contributed by atoms with van der Waals surface area (Å²) in [5.41, 5.74) is 7.73. The Morgan fingerprint density at radius 3 is 2.70 bits per heavy atom. The third kappa shape index (κ3) is 3.45. The van der Waals surface area contributed by atoms with Crippen LogP contribution in [0.15, 0.2) is 35.7 Å². The number of likely N-dealkylation sites (N-methyl/N-ethyl adjacent to an activating group) is 1. The fourth-order valence-electron chi connectivity index (χ4n) is 2.42. The number of thiophene rings is 1. The second-order valence-electron chi connectivity index (χ2n) is 4.90. The normalized spacial score (nSPS) is 12.8. The zero-order valence-corrected chi connectivity index (χ0v) is 12.8. The van der Waals surface area contributed by atoms with Crippen LogP contribution in [-0.4, -0.2) is 18.0 Å². The van der Waals surface area contributed by atoms with Gasteiger partial charge in [0.25, 0.3) is 0 Å². The van der Waals surface area contributed by atoms with E-state index in [1.54, 1.807) is 18.3 Å². The van der Waals surface area contributed by atoms with Crippen LogP contribution in [0, 0.1) is 12.7 Å². The van der Waals surface area contributed by atoms with Crippen LogP contribution in [0.2, 0.25) is 0 Å². The smallest absolute Gasteiger partial charge is 0.126 e. The number of nitrogens with two attached hydrogens (primary N) is 1. The van der Waals surface area contributed by atoms with E-state index in [0.717, 1.165) is 18.7 Å². The molecule has 0 saturated carbocycles. The van der Waals surface area contributed by atoms with Crippen molar-refractivity contribution in [2.24, 2.45) is 5.73 Å². The van der Waals surface area contributed by atoms with Crippen LogP contribution in [0.3, 0.4) is 0 Å².